The van der Waals surface area contributed by atoms with Crippen molar-refractivity contribution in [1.29, 1.82) is 0 Å². The number of ether oxygens (including phenoxy) is 2. The molecule has 1 aromatic rings. The number of carbonyl (C=O) groups excluding carboxylic acids is 1. The molecular weight excluding hydrogens is 228 g/mol. The predicted octanol–water partition coefficient (Wildman–Crippen LogP) is 3.06. The van der Waals surface area contributed by atoms with Gasteiger partial charge in [-0.25, -0.2) is 4.79 Å². The van der Waals surface area contributed by atoms with Crippen LogP contribution < -0.4 is 0 Å². The van der Waals surface area contributed by atoms with Crippen LogP contribution in [0.3, 0.4) is 0 Å². The summed E-state index contributed by atoms with van der Waals surface area (Å²) >= 11 is 0. The van der Waals surface area contributed by atoms with Gasteiger partial charge in [0.1, 0.15) is 0 Å². The molecule has 0 aliphatic rings. The lowest BCUT2D eigenvalue weighted by Crippen LogP contribution is -2.15. The number of hydrogen-bond acceptors (Lipinski definition) is 3. The van der Waals surface area contributed by atoms with Crippen molar-refractivity contribution >= 4 is 12.0 Å². The average Bonchev–Trinajstić information content (AvgIpc) is 2.35. The van der Waals surface area contributed by atoms with Crippen molar-refractivity contribution < 1.29 is 14.3 Å². The lowest BCUT2D eigenvalue weighted by Gasteiger charge is -2.10. The Morgan fingerprint density at radius 2 is 1.94 bits per heavy atom. The van der Waals surface area contributed by atoms with Gasteiger partial charge in [0.15, 0.2) is 0 Å². The monoisotopic (exact) mass is 248 g/mol. The molecule has 0 radical (unpaired) electrons. The van der Waals surface area contributed by atoms with Crippen LogP contribution in [-0.2, 0) is 14.3 Å². The summed E-state index contributed by atoms with van der Waals surface area (Å²) in [5, 5.41) is 0. The van der Waals surface area contributed by atoms with Gasteiger partial charge in [0.05, 0.1) is 24.9 Å². The summed E-state index contributed by atoms with van der Waals surface area (Å²) in [5.41, 5.74) is 1.50. The van der Waals surface area contributed by atoms with Gasteiger partial charge in [-0.15, -0.1) is 0 Å². The molecule has 1 rings (SSSR count). The zero-order valence-electron chi connectivity index (χ0n) is 11.2. The first-order chi connectivity index (χ1) is 8.63. The molecule has 0 bridgehead atoms. The Balaban J connectivity index is 2.82. The molecule has 0 aromatic heterocycles. The third-order valence-electron chi connectivity index (χ3n) is 2.25. The van der Waals surface area contributed by atoms with E-state index >= 15 is 0 Å². The molecule has 0 N–H and O–H groups in total. The lowest BCUT2D eigenvalue weighted by atomic mass is 10.1. The van der Waals surface area contributed by atoms with Crippen LogP contribution in [0.15, 0.2) is 35.9 Å². The zero-order chi connectivity index (χ0) is 13.4. The highest BCUT2D eigenvalue weighted by molar-refractivity contribution is 5.93. The van der Waals surface area contributed by atoms with Crippen molar-refractivity contribution in [3.05, 3.63) is 41.5 Å². The van der Waals surface area contributed by atoms with E-state index in [1.165, 1.54) is 0 Å². The number of carbonyl (C=O) groups is 1. The van der Waals surface area contributed by atoms with Crippen molar-refractivity contribution in [3.63, 3.8) is 0 Å². The summed E-state index contributed by atoms with van der Waals surface area (Å²) in [4.78, 5) is 11.8. The van der Waals surface area contributed by atoms with Gasteiger partial charge in [-0.1, -0.05) is 30.3 Å². The largest absolute Gasteiger partial charge is 0.463 e. The van der Waals surface area contributed by atoms with E-state index in [0.717, 1.165) is 5.56 Å². The molecule has 0 saturated carbocycles. The fourth-order valence-corrected chi connectivity index (χ4v) is 1.39. The van der Waals surface area contributed by atoms with Crippen molar-refractivity contribution in [1.82, 2.24) is 0 Å². The van der Waals surface area contributed by atoms with E-state index in [2.05, 4.69) is 0 Å². The minimum atomic E-state index is -0.318. The second kappa shape index (κ2) is 7.67. The van der Waals surface area contributed by atoms with E-state index in [1.54, 1.807) is 13.0 Å². The van der Waals surface area contributed by atoms with E-state index < -0.39 is 0 Å². The van der Waals surface area contributed by atoms with Crippen LogP contribution in [0.5, 0.6) is 0 Å². The van der Waals surface area contributed by atoms with E-state index in [9.17, 15) is 4.79 Å². The van der Waals surface area contributed by atoms with Gasteiger partial charge >= 0.3 is 5.97 Å². The molecule has 0 heterocycles. The Morgan fingerprint density at radius 3 is 2.50 bits per heavy atom. The maximum Gasteiger partial charge on any atom is 0.336 e. The van der Waals surface area contributed by atoms with Gasteiger partial charge in [-0.2, -0.15) is 0 Å². The normalized spacial score (nSPS) is 11.7. The molecule has 3 nitrogen and oxygen atoms in total. The summed E-state index contributed by atoms with van der Waals surface area (Å²) in [7, 11) is 0. The molecular formula is C15H20O3. The number of esters is 1. The van der Waals surface area contributed by atoms with Crippen molar-refractivity contribution in [2.45, 2.75) is 26.9 Å². The molecule has 0 amide bonds. The summed E-state index contributed by atoms with van der Waals surface area (Å²) in [6.07, 6.45) is 1.89. The summed E-state index contributed by atoms with van der Waals surface area (Å²) in [6, 6.07) is 9.67. The quantitative estimate of drug-likeness (QED) is 0.573. The number of hydrogen-bond donors (Lipinski definition) is 0. The highest BCUT2D eigenvalue weighted by Crippen LogP contribution is 2.09. The minimum absolute atomic E-state index is 0.0820. The topological polar surface area (TPSA) is 35.5 Å². The average molecular weight is 248 g/mol. The van der Waals surface area contributed by atoms with E-state index in [1.807, 2.05) is 44.2 Å². The molecule has 18 heavy (non-hydrogen) atoms. The van der Waals surface area contributed by atoms with Crippen LogP contribution in [0.1, 0.15) is 26.3 Å². The predicted molar refractivity (Wildman–Crippen MR) is 72.1 cm³/mol. The molecule has 0 aliphatic carbocycles. The van der Waals surface area contributed by atoms with Gasteiger partial charge in [-0.3, -0.25) is 0 Å². The SMILES string of the molecule is CCOC(=O)C(=Cc1ccccc1)COC(C)C. The van der Waals surface area contributed by atoms with Gasteiger partial charge < -0.3 is 9.47 Å². The molecule has 1 aromatic carbocycles. The van der Waals surface area contributed by atoms with Crippen LogP contribution in [0.25, 0.3) is 6.08 Å². The van der Waals surface area contributed by atoms with Crippen LogP contribution in [0.2, 0.25) is 0 Å². The molecule has 0 spiro atoms. The first-order valence-corrected chi connectivity index (χ1v) is 6.17. The van der Waals surface area contributed by atoms with Crippen molar-refractivity contribution in [2.75, 3.05) is 13.2 Å². The van der Waals surface area contributed by atoms with Gasteiger partial charge in [0.2, 0.25) is 0 Å². The van der Waals surface area contributed by atoms with Crippen LogP contribution >= 0.6 is 0 Å². The van der Waals surface area contributed by atoms with Gasteiger partial charge in [0.25, 0.3) is 0 Å². The Morgan fingerprint density at radius 1 is 1.28 bits per heavy atom. The molecule has 3 heteroatoms. The number of rotatable bonds is 6. The van der Waals surface area contributed by atoms with Crippen molar-refractivity contribution in [2.24, 2.45) is 0 Å². The molecule has 98 valence electrons. The van der Waals surface area contributed by atoms with Crippen LogP contribution in [0.4, 0.5) is 0 Å². The van der Waals surface area contributed by atoms with Gasteiger partial charge in [-0.05, 0) is 32.4 Å². The fourth-order valence-electron chi connectivity index (χ4n) is 1.39. The Hall–Kier alpha value is -1.61. The third kappa shape index (κ3) is 5.15. The lowest BCUT2D eigenvalue weighted by molar-refractivity contribution is -0.139. The van der Waals surface area contributed by atoms with E-state index in [-0.39, 0.29) is 18.7 Å². The second-order valence-corrected chi connectivity index (χ2v) is 4.16. The smallest absolute Gasteiger partial charge is 0.336 e. The fraction of sp³-hybridized carbons (Fsp3) is 0.400. The maximum atomic E-state index is 11.8. The number of benzene rings is 1. The standard InChI is InChI=1S/C15H20O3/c1-4-17-15(16)14(11-18-12(2)3)10-13-8-6-5-7-9-13/h5-10,12H,4,11H2,1-3H3. The summed E-state index contributed by atoms with van der Waals surface area (Å²) < 4.78 is 10.5. The molecule has 0 aliphatic heterocycles. The first kappa shape index (κ1) is 14.5. The zero-order valence-corrected chi connectivity index (χ0v) is 11.2. The minimum Gasteiger partial charge on any atom is -0.463 e. The highest BCUT2D eigenvalue weighted by atomic mass is 16.5. The molecule has 0 fully saturated rings. The van der Waals surface area contributed by atoms with Crippen LogP contribution in [0, 0.1) is 0 Å². The van der Waals surface area contributed by atoms with E-state index in [4.69, 9.17) is 9.47 Å². The second-order valence-electron chi connectivity index (χ2n) is 4.16. The first-order valence-electron chi connectivity index (χ1n) is 6.17. The highest BCUT2D eigenvalue weighted by Gasteiger charge is 2.11. The van der Waals surface area contributed by atoms with Crippen molar-refractivity contribution in [3.8, 4) is 0 Å². The maximum absolute atomic E-state index is 11.8. The summed E-state index contributed by atoms with van der Waals surface area (Å²) in [6.45, 7) is 6.30. The van der Waals surface area contributed by atoms with Crippen LogP contribution in [-0.4, -0.2) is 25.3 Å². The molecule has 0 unspecified atom stereocenters. The van der Waals surface area contributed by atoms with E-state index in [0.29, 0.717) is 12.2 Å². The third-order valence-corrected chi connectivity index (χ3v) is 2.25. The Kier molecular flexibility index (Phi) is 6.15. The Labute approximate surface area is 108 Å². The Bertz CT molecular complexity index is 393. The van der Waals surface area contributed by atoms with Gasteiger partial charge in [0, 0.05) is 0 Å². The molecule has 0 atom stereocenters. The molecule has 0 saturated heterocycles. The summed E-state index contributed by atoms with van der Waals surface area (Å²) in [5.74, 6) is -0.318.